The number of anilines is 2. The minimum atomic E-state index is -0.400. The number of hydrogen-bond acceptors (Lipinski definition) is 6. The SMILES string of the molecule is COC(=O)c1ccc2nc(Nc3cc(CO)ccn3)[nH]c2c1. The molecule has 0 aliphatic carbocycles. The van der Waals surface area contributed by atoms with E-state index in [-0.39, 0.29) is 6.61 Å². The van der Waals surface area contributed by atoms with Crippen LogP contribution in [0.25, 0.3) is 11.0 Å². The molecule has 2 aromatic heterocycles. The number of fused-ring (bicyclic) bond motifs is 1. The first-order chi connectivity index (χ1) is 10.7. The number of imidazole rings is 1. The van der Waals surface area contributed by atoms with Crippen LogP contribution in [0.4, 0.5) is 11.8 Å². The molecule has 3 N–H and O–H groups in total. The summed E-state index contributed by atoms with van der Waals surface area (Å²) in [5.74, 6) is 0.668. The van der Waals surface area contributed by atoms with Gasteiger partial charge in [0, 0.05) is 6.20 Å². The number of carbonyl (C=O) groups excluding carboxylic acids is 1. The molecule has 7 heteroatoms. The van der Waals surface area contributed by atoms with Crippen LogP contribution in [0.15, 0.2) is 36.5 Å². The van der Waals surface area contributed by atoms with Crippen molar-refractivity contribution in [3.8, 4) is 0 Å². The lowest BCUT2D eigenvalue weighted by Gasteiger charge is -2.02. The number of aromatic nitrogens is 3. The zero-order valence-corrected chi connectivity index (χ0v) is 11.8. The van der Waals surface area contributed by atoms with E-state index >= 15 is 0 Å². The number of esters is 1. The molecule has 0 amide bonds. The number of benzene rings is 1. The van der Waals surface area contributed by atoms with Crippen LogP contribution in [0, 0.1) is 0 Å². The molecule has 0 unspecified atom stereocenters. The summed E-state index contributed by atoms with van der Waals surface area (Å²) in [6.07, 6.45) is 1.60. The molecule has 2 heterocycles. The predicted molar refractivity (Wildman–Crippen MR) is 80.9 cm³/mol. The summed E-state index contributed by atoms with van der Waals surface area (Å²) in [7, 11) is 1.34. The molecule has 0 saturated heterocycles. The van der Waals surface area contributed by atoms with E-state index in [1.54, 1.807) is 36.5 Å². The molecule has 0 spiro atoms. The number of aliphatic hydroxyl groups excluding tert-OH is 1. The fourth-order valence-electron chi connectivity index (χ4n) is 2.08. The second kappa shape index (κ2) is 5.82. The fraction of sp³-hybridized carbons (Fsp3) is 0.133. The van der Waals surface area contributed by atoms with Gasteiger partial charge in [-0.3, -0.25) is 0 Å². The van der Waals surface area contributed by atoms with Gasteiger partial charge in [0.25, 0.3) is 0 Å². The lowest BCUT2D eigenvalue weighted by molar-refractivity contribution is 0.0601. The van der Waals surface area contributed by atoms with E-state index in [0.717, 1.165) is 5.56 Å². The molecule has 3 rings (SSSR count). The molecular formula is C15H14N4O3. The minimum Gasteiger partial charge on any atom is -0.465 e. The van der Waals surface area contributed by atoms with Gasteiger partial charge in [0.15, 0.2) is 0 Å². The number of H-pyrrole nitrogens is 1. The van der Waals surface area contributed by atoms with Crippen LogP contribution in [0.5, 0.6) is 0 Å². The van der Waals surface area contributed by atoms with Crippen molar-refractivity contribution < 1.29 is 14.6 Å². The van der Waals surface area contributed by atoms with Gasteiger partial charge in [0.05, 0.1) is 30.3 Å². The first kappa shape index (κ1) is 14.0. The van der Waals surface area contributed by atoms with Crippen LogP contribution in [0.3, 0.4) is 0 Å². The lowest BCUT2D eigenvalue weighted by atomic mass is 10.2. The number of rotatable bonds is 4. The standard InChI is InChI=1S/C15H14N4O3/c1-22-14(21)10-2-3-11-12(7-10)18-15(17-11)19-13-6-9(8-20)4-5-16-13/h2-7,20H,8H2,1H3,(H2,16,17,18,19). The van der Waals surface area contributed by atoms with Crippen molar-refractivity contribution >= 4 is 28.8 Å². The van der Waals surface area contributed by atoms with E-state index < -0.39 is 5.97 Å². The van der Waals surface area contributed by atoms with Crippen molar-refractivity contribution in [2.24, 2.45) is 0 Å². The Bertz CT molecular complexity index is 829. The largest absolute Gasteiger partial charge is 0.465 e. The Kier molecular flexibility index (Phi) is 3.71. The van der Waals surface area contributed by atoms with Crippen LogP contribution in [-0.2, 0) is 11.3 Å². The number of nitrogens with zero attached hydrogens (tertiary/aromatic N) is 2. The number of aliphatic hydroxyl groups is 1. The number of methoxy groups -OCH3 is 1. The van der Waals surface area contributed by atoms with Crippen LogP contribution in [0.1, 0.15) is 15.9 Å². The Hall–Kier alpha value is -2.93. The van der Waals surface area contributed by atoms with Crippen molar-refractivity contribution in [2.45, 2.75) is 6.61 Å². The molecule has 0 fully saturated rings. The average molecular weight is 298 g/mol. The summed E-state index contributed by atoms with van der Waals surface area (Å²) < 4.78 is 4.69. The monoisotopic (exact) mass is 298 g/mol. The third-order valence-electron chi connectivity index (χ3n) is 3.16. The van der Waals surface area contributed by atoms with Crippen LogP contribution in [0.2, 0.25) is 0 Å². The van der Waals surface area contributed by atoms with Crippen molar-refractivity contribution in [2.75, 3.05) is 12.4 Å². The highest BCUT2D eigenvalue weighted by Gasteiger charge is 2.09. The van der Waals surface area contributed by atoms with Gasteiger partial charge in [-0.2, -0.15) is 0 Å². The van der Waals surface area contributed by atoms with E-state index in [0.29, 0.717) is 28.4 Å². The van der Waals surface area contributed by atoms with Crippen LogP contribution in [-0.4, -0.2) is 33.1 Å². The van der Waals surface area contributed by atoms with Crippen LogP contribution >= 0.6 is 0 Å². The smallest absolute Gasteiger partial charge is 0.337 e. The molecule has 0 radical (unpaired) electrons. The summed E-state index contributed by atoms with van der Waals surface area (Å²) in [6.45, 7) is -0.0557. The van der Waals surface area contributed by atoms with E-state index in [1.807, 2.05) is 0 Å². The Morgan fingerprint density at radius 2 is 2.23 bits per heavy atom. The molecule has 112 valence electrons. The molecule has 0 atom stereocenters. The van der Waals surface area contributed by atoms with Gasteiger partial charge in [0.1, 0.15) is 5.82 Å². The van der Waals surface area contributed by atoms with Crippen molar-refractivity contribution in [3.05, 3.63) is 47.7 Å². The topological polar surface area (TPSA) is 100 Å². The van der Waals surface area contributed by atoms with Crippen molar-refractivity contribution in [1.29, 1.82) is 0 Å². The number of nitrogens with one attached hydrogen (secondary N) is 2. The molecule has 0 aliphatic heterocycles. The summed E-state index contributed by atoms with van der Waals surface area (Å²) in [5.41, 5.74) is 2.63. The zero-order valence-electron chi connectivity index (χ0n) is 11.8. The number of hydrogen-bond donors (Lipinski definition) is 3. The second-order valence-electron chi connectivity index (χ2n) is 4.64. The molecule has 1 aromatic carbocycles. The third kappa shape index (κ3) is 2.75. The minimum absolute atomic E-state index is 0.0557. The van der Waals surface area contributed by atoms with E-state index in [1.165, 1.54) is 7.11 Å². The maximum Gasteiger partial charge on any atom is 0.337 e. The second-order valence-corrected chi connectivity index (χ2v) is 4.64. The lowest BCUT2D eigenvalue weighted by Crippen LogP contribution is -2.00. The Morgan fingerprint density at radius 1 is 1.36 bits per heavy atom. The van der Waals surface area contributed by atoms with Gasteiger partial charge < -0.3 is 20.1 Å². The molecule has 22 heavy (non-hydrogen) atoms. The molecule has 7 nitrogen and oxygen atoms in total. The normalized spacial score (nSPS) is 10.6. The van der Waals surface area contributed by atoms with Gasteiger partial charge in [-0.15, -0.1) is 0 Å². The van der Waals surface area contributed by atoms with E-state index in [9.17, 15) is 4.79 Å². The quantitative estimate of drug-likeness (QED) is 0.637. The fourth-order valence-corrected chi connectivity index (χ4v) is 2.08. The molecule has 0 aliphatic rings. The molecule has 0 bridgehead atoms. The number of ether oxygens (including phenoxy) is 1. The number of pyridine rings is 1. The highest BCUT2D eigenvalue weighted by atomic mass is 16.5. The molecular weight excluding hydrogens is 284 g/mol. The van der Waals surface area contributed by atoms with Crippen LogP contribution < -0.4 is 5.32 Å². The Morgan fingerprint density at radius 3 is 3.00 bits per heavy atom. The summed E-state index contributed by atoms with van der Waals surface area (Å²) >= 11 is 0. The highest BCUT2D eigenvalue weighted by molar-refractivity contribution is 5.94. The maximum absolute atomic E-state index is 11.5. The van der Waals surface area contributed by atoms with Crippen molar-refractivity contribution in [1.82, 2.24) is 15.0 Å². The summed E-state index contributed by atoms with van der Waals surface area (Å²) in [6, 6.07) is 8.53. The van der Waals surface area contributed by atoms with Gasteiger partial charge in [0.2, 0.25) is 5.95 Å². The maximum atomic E-state index is 11.5. The van der Waals surface area contributed by atoms with E-state index in [2.05, 4.69) is 20.3 Å². The Balaban J connectivity index is 1.89. The van der Waals surface area contributed by atoms with Gasteiger partial charge in [-0.1, -0.05) is 0 Å². The van der Waals surface area contributed by atoms with E-state index in [4.69, 9.17) is 9.84 Å². The Labute approximate surface area is 126 Å². The predicted octanol–water partition coefficient (Wildman–Crippen LogP) is 1.98. The number of carbonyl (C=O) groups is 1. The van der Waals surface area contributed by atoms with Gasteiger partial charge in [-0.05, 0) is 35.9 Å². The van der Waals surface area contributed by atoms with Gasteiger partial charge >= 0.3 is 5.97 Å². The summed E-state index contributed by atoms with van der Waals surface area (Å²) in [4.78, 5) is 23.1. The van der Waals surface area contributed by atoms with Crippen molar-refractivity contribution in [3.63, 3.8) is 0 Å². The molecule has 0 saturated carbocycles. The first-order valence-electron chi connectivity index (χ1n) is 6.60. The third-order valence-corrected chi connectivity index (χ3v) is 3.16. The molecule has 3 aromatic rings. The average Bonchev–Trinajstić information content (AvgIpc) is 2.95. The first-order valence-corrected chi connectivity index (χ1v) is 6.60. The summed E-state index contributed by atoms with van der Waals surface area (Å²) in [5, 5.41) is 12.2. The zero-order chi connectivity index (χ0) is 15.5. The number of aromatic amines is 1. The van der Waals surface area contributed by atoms with Gasteiger partial charge in [-0.25, -0.2) is 14.8 Å². The highest BCUT2D eigenvalue weighted by Crippen LogP contribution is 2.19.